The predicted octanol–water partition coefficient (Wildman–Crippen LogP) is 1.86. The van der Waals surface area contributed by atoms with Crippen LogP contribution in [-0.2, 0) is 0 Å². The molecule has 0 radical (unpaired) electrons. The van der Waals surface area contributed by atoms with E-state index >= 15 is 0 Å². The number of nitrogens with zero attached hydrogens (tertiary/aromatic N) is 2. The van der Waals surface area contributed by atoms with E-state index in [-0.39, 0.29) is 0 Å². The van der Waals surface area contributed by atoms with Crippen molar-refractivity contribution in [1.82, 2.24) is 5.06 Å². The molecule has 114 valence electrons. The molecule has 1 N–H and O–H groups in total. The fourth-order valence-electron chi connectivity index (χ4n) is 2.60. The number of ether oxygens (including phenoxy) is 2. The summed E-state index contributed by atoms with van der Waals surface area (Å²) < 4.78 is 10.7. The minimum Gasteiger partial charge on any atom is -0.493 e. The van der Waals surface area contributed by atoms with Crippen LogP contribution >= 0.6 is 0 Å². The third kappa shape index (κ3) is 2.29. The molecule has 5 heteroatoms. The Morgan fingerprint density at radius 3 is 2.32 bits per heavy atom. The van der Waals surface area contributed by atoms with E-state index in [4.69, 9.17) is 9.47 Å². The normalized spacial score (nSPS) is 16.8. The van der Waals surface area contributed by atoms with Crippen LogP contribution in [0.5, 0.6) is 11.5 Å². The van der Waals surface area contributed by atoms with Gasteiger partial charge < -0.3 is 9.47 Å². The van der Waals surface area contributed by atoms with E-state index in [1.165, 1.54) is 5.06 Å². The van der Waals surface area contributed by atoms with Gasteiger partial charge in [0.15, 0.2) is 17.7 Å². The quantitative estimate of drug-likeness (QED) is 0.939. The van der Waals surface area contributed by atoms with Gasteiger partial charge in [0, 0.05) is 11.3 Å². The largest absolute Gasteiger partial charge is 0.493 e. The van der Waals surface area contributed by atoms with Crippen molar-refractivity contribution in [2.75, 3.05) is 14.2 Å². The molecule has 1 atom stereocenters. The number of fused-ring (bicyclic) bond motifs is 1. The Morgan fingerprint density at radius 2 is 1.68 bits per heavy atom. The summed E-state index contributed by atoms with van der Waals surface area (Å²) in [5, 5.41) is 13.2. The molecule has 0 saturated carbocycles. The summed E-state index contributed by atoms with van der Waals surface area (Å²) in [4.78, 5) is 4.65. The summed E-state index contributed by atoms with van der Waals surface area (Å²) in [6.07, 6.45) is -0.466. The number of hydrogen-bond donors (Lipinski definition) is 1. The van der Waals surface area contributed by atoms with Gasteiger partial charge in [-0.2, -0.15) is 0 Å². The Labute approximate surface area is 128 Å². The van der Waals surface area contributed by atoms with Crippen molar-refractivity contribution in [1.29, 1.82) is 0 Å². The van der Waals surface area contributed by atoms with Gasteiger partial charge in [-0.1, -0.05) is 30.3 Å². The molecule has 1 heterocycles. The Kier molecular flexibility index (Phi) is 3.73. The number of hydroxylamine groups is 2. The zero-order valence-electron chi connectivity index (χ0n) is 12.8. The topological polar surface area (TPSA) is 54.3 Å². The maximum absolute atomic E-state index is 10.5. The highest BCUT2D eigenvalue weighted by atomic mass is 16.5. The third-order valence-electron chi connectivity index (χ3n) is 3.83. The summed E-state index contributed by atoms with van der Waals surface area (Å²) in [5.41, 5.74) is 1.64. The van der Waals surface area contributed by atoms with Crippen molar-refractivity contribution < 1.29 is 14.7 Å². The van der Waals surface area contributed by atoms with Crippen molar-refractivity contribution in [3.63, 3.8) is 0 Å². The second-order valence-corrected chi connectivity index (χ2v) is 5.07. The fourth-order valence-corrected chi connectivity index (χ4v) is 2.60. The molecule has 1 aliphatic rings. The van der Waals surface area contributed by atoms with Crippen LogP contribution in [0.2, 0.25) is 0 Å². The van der Waals surface area contributed by atoms with Crippen molar-refractivity contribution in [2.24, 2.45) is 4.99 Å². The summed E-state index contributed by atoms with van der Waals surface area (Å²) in [7, 11) is 3.18. The van der Waals surface area contributed by atoms with E-state index in [1.807, 2.05) is 49.4 Å². The minimum atomic E-state index is -0.466. The van der Waals surface area contributed by atoms with E-state index in [9.17, 15) is 5.21 Å². The minimum absolute atomic E-state index is 0.466. The summed E-state index contributed by atoms with van der Waals surface area (Å²) >= 11 is 0. The molecule has 0 spiro atoms. The van der Waals surface area contributed by atoms with Gasteiger partial charge in [0.25, 0.3) is 0 Å². The van der Waals surface area contributed by atoms with Crippen LogP contribution in [-0.4, -0.2) is 24.5 Å². The molecule has 0 amide bonds. The van der Waals surface area contributed by atoms with E-state index < -0.39 is 6.17 Å². The van der Waals surface area contributed by atoms with Crippen LogP contribution in [0.4, 0.5) is 0 Å². The van der Waals surface area contributed by atoms with Crippen LogP contribution in [0.15, 0.2) is 47.5 Å². The van der Waals surface area contributed by atoms with E-state index in [0.29, 0.717) is 11.5 Å². The lowest BCUT2D eigenvalue weighted by Crippen LogP contribution is -2.40. The lowest BCUT2D eigenvalue weighted by Gasteiger charge is -2.28. The molecule has 0 aromatic heterocycles. The molecule has 0 bridgehead atoms. The monoisotopic (exact) mass is 298 g/mol. The van der Waals surface area contributed by atoms with E-state index in [0.717, 1.165) is 21.8 Å². The molecule has 0 fully saturated rings. The standard InChI is InChI=1S/C17H18N2O3/c1-11-13-9-15(21-2)16(22-3)10-14(13)18-17(19(11)20)12-7-5-4-6-8-12/h4-10,17,20H,1-3H3. The van der Waals surface area contributed by atoms with Crippen molar-refractivity contribution in [2.45, 2.75) is 13.1 Å². The van der Waals surface area contributed by atoms with E-state index in [1.54, 1.807) is 14.2 Å². The molecule has 2 aromatic carbocycles. The second-order valence-electron chi connectivity index (χ2n) is 5.07. The highest BCUT2D eigenvalue weighted by molar-refractivity contribution is 5.48. The summed E-state index contributed by atoms with van der Waals surface area (Å²) in [5.74, 6) is 1.23. The molecule has 0 saturated heterocycles. The molecule has 2 aromatic rings. The van der Waals surface area contributed by atoms with Crippen LogP contribution in [0.3, 0.4) is 0 Å². The maximum Gasteiger partial charge on any atom is 0.171 e. The average Bonchev–Trinajstić information content (AvgIpc) is 2.57. The Hall–Kier alpha value is -2.53. The summed E-state index contributed by atoms with van der Waals surface area (Å²) in [6.45, 7) is 1.86. The fraction of sp³-hybridized carbons (Fsp3) is 0.235. The SMILES string of the molecule is COc1cc2c(cc1OC)=C(C)N(O)C(c1ccccc1)N=2. The van der Waals surface area contributed by atoms with Crippen LogP contribution in [0.25, 0.3) is 5.70 Å². The Balaban J connectivity index is 2.23. The first-order valence-corrected chi connectivity index (χ1v) is 6.99. The first kappa shape index (κ1) is 14.4. The van der Waals surface area contributed by atoms with Gasteiger partial charge in [-0.05, 0) is 18.6 Å². The molecular formula is C17H18N2O3. The van der Waals surface area contributed by atoms with Gasteiger partial charge in [-0.25, -0.2) is 5.06 Å². The van der Waals surface area contributed by atoms with Gasteiger partial charge in [0.1, 0.15) is 0 Å². The van der Waals surface area contributed by atoms with Gasteiger partial charge in [-0.3, -0.25) is 10.2 Å². The Bertz CT molecular complexity index is 803. The lowest BCUT2D eigenvalue weighted by atomic mass is 10.1. The second kappa shape index (κ2) is 5.69. The van der Waals surface area contributed by atoms with Crippen molar-refractivity contribution >= 4 is 5.70 Å². The van der Waals surface area contributed by atoms with Crippen LogP contribution in [0.1, 0.15) is 18.7 Å². The molecular weight excluding hydrogens is 280 g/mol. The first-order valence-electron chi connectivity index (χ1n) is 6.99. The van der Waals surface area contributed by atoms with Crippen molar-refractivity contribution in [3.8, 4) is 11.5 Å². The number of rotatable bonds is 3. The molecule has 0 aliphatic carbocycles. The Morgan fingerprint density at radius 1 is 1.05 bits per heavy atom. The highest BCUT2D eigenvalue weighted by Gasteiger charge is 2.23. The smallest absolute Gasteiger partial charge is 0.171 e. The number of benzene rings is 2. The molecule has 5 nitrogen and oxygen atoms in total. The first-order chi connectivity index (χ1) is 10.7. The molecule has 1 aliphatic heterocycles. The van der Waals surface area contributed by atoms with Crippen LogP contribution < -0.4 is 20.0 Å². The van der Waals surface area contributed by atoms with Gasteiger partial charge >= 0.3 is 0 Å². The predicted molar refractivity (Wildman–Crippen MR) is 82.2 cm³/mol. The molecule has 1 unspecified atom stereocenters. The number of hydrogen-bond acceptors (Lipinski definition) is 5. The maximum atomic E-state index is 10.5. The van der Waals surface area contributed by atoms with Gasteiger partial charge in [0.05, 0.1) is 25.3 Å². The lowest BCUT2D eigenvalue weighted by molar-refractivity contribution is -0.0707. The molecule has 22 heavy (non-hydrogen) atoms. The van der Waals surface area contributed by atoms with E-state index in [2.05, 4.69) is 4.99 Å². The summed E-state index contributed by atoms with van der Waals surface area (Å²) in [6, 6.07) is 13.3. The van der Waals surface area contributed by atoms with Crippen LogP contribution in [0, 0.1) is 0 Å². The zero-order chi connectivity index (χ0) is 15.7. The number of methoxy groups -OCH3 is 2. The molecule has 3 rings (SSSR count). The van der Waals surface area contributed by atoms with Gasteiger partial charge in [0.2, 0.25) is 0 Å². The highest BCUT2D eigenvalue weighted by Crippen LogP contribution is 2.27. The zero-order valence-corrected chi connectivity index (χ0v) is 12.8. The third-order valence-corrected chi connectivity index (χ3v) is 3.83. The average molecular weight is 298 g/mol. The van der Waals surface area contributed by atoms with Crippen molar-refractivity contribution in [3.05, 3.63) is 58.6 Å². The van der Waals surface area contributed by atoms with Gasteiger partial charge in [-0.15, -0.1) is 0 Å².